The van der Waals surface area contributed by atoms with Gasteiger partial charge in [0.05, 0.1) is 18.8 Å². The first kappa shape index (κ1) is 13.9. The first-order valence-corrected chi connectivity index (χ1v) is 7.57. The van der Waals surface area contributed by atoms with Crippen LogP contribution in [0.3, 0.4) is 0 Å². The largest absolute Gasteiger partial charge is 0.375 e. The maximum absolute atomic E-state index is 5.80. The van der Waals surface area contributed by atoms with E-state index in [-0.39, 0.29) is 12.1 Å². The van der Waals surface area contributed by atoms with Crippen LogP contribution in [0, 0.1) is 13.8 Å². The van der Waals surface area contributed by atoms with Gasteiger partial charge in [-0.05, 0) is 25.8 Å². The second-order valence-electron chi connectivity index (χ2n) is 4.96. The highest BCUT2D eigenvalue weighted by Gasteiger charge is 2.24. The minimum Gasteiger partial charge on any atom is -0.375 e. The first-order chi connectivity index (χ1) is 8.69. The molecular formula is C14H22N2OS. The Balaban J connectivity index is 2.04. The van der Waals surface area contributed by atoms with Crippen molar-refractivity contribution in [3.05, 3.63) is 34.9 Å². The molecule has 2 unspecified atom stereocenters. The summed E-state index contributed by atoms with van der Waals surface area (Å²) in [7, 11) is 0. The lowest BCUT2D eigenvalue weighted by Gasteiger charge is -2.29. The van der Waals surface area contributed by atoms with Crippen LogP contribution in [0.4, 0.5) is 0 Å². The third kappa shape index (κ3) is 3.72. The summed E-state index contributed by atoms with van der Waals surface area (Å²) in [6.07, 6.45) is 1.14. The van der Waals surface area contributed by atoms with Gasteiger partial charge >= 0.3 is 0 Å². The fraction of sp³-hybridized carbons (Fsp3) is 0.571. The van der Waals surface area contributed by atoms with Crippen LogP contribution >= 0.6 is 11.8 Å². The van der Waals surface area contributed by atoms with Gasteiger partial charge in [0.15, 0.2) is 0 Å². The van der Waals surface area contributed by atoms with E-state index < -0.39 is 0 Å². The quantitative estimate of drug-likeness (QED) is 0.644. The van der Waals surface area contributed by atoms with Crippen molar-refractivity contribution in [3.63, 3.8) is 0 Å². The van der Waals surface area contributed by atoms with Crippen LogP contribution in [0.1, 0.15) is 16.7 Å². The number of hydrazine groups is 1. The molecule has 0 saturated carbocycles. The van der Waals surface area contributed by atoms with E-state index in [2.05, 4.69) is 37.5 Å². The third-order valence-corrected chi connectivity index (χ3v) is 4.26. The molecule has 1 aliphatic heterocycles. The summed E-state index contributed by atoms with van der Waals surface area (Å²) in [6, 6.07) is 6.85. The zero-order chi connectivity index (χ0) is 13.0. The molecule has 0 bridgehead atoms. The highest BCUT2D eigenvalue weighted by Crippen LogP contribution is 2.19. The molecule has 100 valence electrons. The zero-order valence-corrected chi connectivity index (χ0v) is 11.9. The van der Waals surface area contributed by atoms with E-state index in [1.54, 1.807) is 0 Å². The lowest BCUT2D eigenvalue weighted by atomic mass is 9.99. The first-order valence-electron chi connectivity index (χ1n) is 6.41. The molecule has 1 aromatic rings. The van der Waals surface area contributed by atoms with Crippen molar-refractivity contribution in [1.82, 2.24) is 5.43 Å². The third-order valence-electron chi connectivity index (χ3n) is 3.24. The van der Waals surface area contributed by atoms with Gasteiger partial charge in [-0.3, -0.25) is 11.3 Å². The number of benzene rings is 1. The van der Waals surface area contributed by atoms with Crippen molar-refractivity contribution < 1.29 is 4.74 Å². The normalized spacial score (nSPS) is 21.8. The summed E-state index contributed by atoms with van der Waals surface area (Å²) in [5.41, 5.74) is 6.86. The molecule has 1 fully saturated rings. The number of thioether (sulfide) groups is 1. The van der Waals surface area contributed by atoms with E-state index in [0.717, 1.165) is 24.5 Å². The standard InChI is InChI=1S/C14H22N2OS/c1-10-5-11(2)7-12(6-10)8-13(16-15)14-9-18-4-3-17-14/h5-7,13-14,16H,3-4,8-9,15H2,1-2H3. The Labute approximate surface area is 113 Å². The second kappa shape index (κ2) is 6.57. The van der Waals surface area contributed by atoms with Crippen molar-refractivity contribution in [2.75, 3.05) is 18.1 Å². The molecular weight excluding hydrogens is 244 g/mol. The van der Waals surface area contributed by atoms with Gasteiger partial charge in [0.25, 0.3) is 0 Å². The van der Waals surface area contributed by atoms with Gasteiger partial charge in [0.1, 0.15) is 0 Å². The maximum atomic E-state index is 5.80. The number of aryl methyl sites for hydroxylation is 2. The van der Waals surface area contributed by atoms with Gasteiger partial charge < -0.3 is 4.74 Å². The number of rotatable bonds is 4. The summed E-state index contributed by atoms with van der Waals surface area (Å²) < 4.78 is 5.80. The molecule has 0 spiro atoms. The Morgan fingerprint density at radius 2 is 2.11 bits per heavy atom. The van der Waals surface area contributed by atoms with Crippen molar-refractivity contribution in [2.45, 2.75) is 32.4 Å². The van der Waals surface area contributed by atoms with Crippen molar-refractivity contribution in [2.24, 2.45) is 5.84 Å². The van der Waals surface area contributed by atoms with E-state index in [0.29, 0.717) is 0 Å². The average molecular weight is 266 g/mol. The van der Waals surface area contributed by atoms with E-state index >= 15 is 0 Å². The molecule has 1 aromatic carbocycles. The molecule has 0 radical (unpaired) electrons. The molecule has 3 nitrogen and oxygen atoms in total. The number of ether oxygens (including phenoxy) is 1. The zero-order valence-electron chi connectivity index (χ0n) is 11.1. The van der Waals surface area contributed by atoms with Crippen LogP contribution in [0.5, 0.6) is 0 Å². The molecule has 3 N–H and O–H groups in total. The minimum absolute atomic E-state index is 0.194. The lowest BCUT2D eigenvalue weighted by Crippen LogP contribution is -2.49. The van der Waals surface area contributed by atoms with E-state index in [9.17, 15) is 0 Å². The van der Waals surface area contributed by atoms with Gasteiger partial charge in [-0.25, -0.2) is 0 Å². The Morgan fingerprint density at radius 3 is 2.67 bits per heavy atom. The monoisotopic (exact) mass is 266 g/mol. The lowest BCUT2D eigenvalue weighted by molar-refractivity contribution is 0.0472. The SMILES string of the molecule is Cc1cc(C)cc(CC(NN)C2CSCCO2)c1. The fourth-order valence-corrected chi connectivity index (χ4v) is 3.42. The van der Waals surface area contributed by atoms with Crippen LogP contribution in [-0.4, -0.2) is 30.3 Å². The smallest absolute Gasteiger partial charge is 0.0835 e. The molecule has 18 heavy (non-hydrogen) atoms. The molecule has 2 rings (SSSR count). The van der Waals surface area contributed by atoms with Crippen LogP contribution in [0.25, 0.3) is 0 Å². The highest BCUT2D eigenvalue weighted by atomic mass is 32.2. The molecule has 1 heterocycles. The van der Waals surface area contributed by atoms with Crippen LogP contribution in [0.2, 0.25) is 0 Å². The van der Waals surface area contributed by atoms with Crippen molar-refractivity contribution in [1.29, 1.82) is 0 Å². The Kier molecular flexibility index (Phi) is 5.06. The summed E-state index contributed by atoms with van der Waals surface area (Å²) in [4.78, 5) is 0. The van der Waals surface area contributed by atoms with Crippen molar-refractivity contribution in [3.8, 4) is 0 Å². The molecule has 0 aliphatic carbocycles. The van der Waals surface area contributed by atoms with Crippen LogP contribution in [-0.2, 0) is 11.2 Å². The number of nitrogens with two attached hydrogens (primary N) is 1. The highest BCUT2D eigenvalue weighted by molar-refractivity contribution is 7.99. The topological polar surface area (TPSA) is 47.3 Å². The Morgan fingerprint density at radius 1 is 1.39 bits per heavy atom. The van der Waals surface area contributed by atoms with Gasteiger partial charge in [-0.15, -0.1) is 0 Å². The van der Waals surface area contributed by atoms with Crippen LogP contribution < -0.4 is 11.3 Å². The second-order valence-corrected chi connectivity index (χ2v) is 6.11. The van der Waals surface area contributed by atoms with Crippen LogP contribution in [0.15, 0.2) is 18.2 Å². The molecule has 1 aliphatic rings. The summed E-state index contributed by atoms with van der Waals surface area (Å²) in [6.45, 7) is 5.10. The predicted octanol–water partition coefficient (Wildman–Crippen LogP) is 1.81. The molecule has 4 heteroatoms. The van der Waals surface area contributed by atoms with Gasteiger partial charge in [-0.1, -0.05) is 29.3 Å². The molecule has 1 saturated heterocycles. The average Bonchev–Trinajstić information content (AvgIpc) is 2.36. The van der Waals surface area contributed by atoms with Gasteiger partial charge in [-0.2, -0.15) is 11.8 Å². The summed E-state index contributed by atoms with van der Waals surface area (Å²) in [5.74, 6) is 7.81. The number of hydrogen-bond donors (Lipinski definition) is 2. The minimum atomic E-state index is 0.194. The van der Waals surface area contributed by atoms with E-state index in [1.165, 1.54) is 16.7 Å². The fourth-order valence-electron chi connectivity index (χ4n) is 2.48. The van der Waals surface area contributed by atoms with Crippen molar-refractivity contribution >= 4 is 11.8 Å². The Bertz CT molecular complexity index is 371. The summed E-state index contributed by atoms with van der Waals surface area (Å²) >= 11 is 1.94. The predicted molar refractivity (Wildman–Crippen MR) is 77.8 cm³/mol. The molecule has 0 amide bonds. The van der Waals surface area contributed by atoms with Gasteiger partial charge in [0.2, 0.25) is 0 Å². The van der Waals surface area contributed by atoms with E-state index in [1.807, 2.05) is 11.8 Å². The maximum Gasteiger partial charge on any atom is 0.0835 e. The summed E-state index contributed by atoms with van der Waals surface area (Å²) in [5, 5.41) is 0. The molecule has 2 atom stereocenters. The van der Waals surface area contributed by atoms with Gasteiger partial charge in [0, 0.05) is 11.5 Å². The Hall–Kier alpha value is -0.550. The number of hydrogen-bond acceptors (Lipinski definition) is 4. The molecule has 0 aromatic heterocycles. The van der Waals surface area contributed by atoms with E-state index in [4.69, 9.17) is 10.6 Å². The number of nitrogens with one attached hydrogen (secondary N) is 1.